The third-order valence-corrected chi connectivity index (χ3v) is 11.4. The highest BCUT2D eigenvalue weighted by Gasteiger charge is 2.41. The van der Waals surface area contributed by atoms with Gasteiger partial charge in [-0.2, -0.15) is 0 Å². The monoisotopic (exact) mass is 685 g/mol. The first-order chi connectivity index (χ1) is 25.0. The number of amides is 2. The van der Waals surface area contributed by atoms with Crippen molar-refractivity contribution in [2.24, 2.45) is 5.92 Å². The first kappa shape index (κ1) is 33.9. The zero-order valence-corrected chi connectivity index (χ0v) is 29.3. The van der Waals surface area contributed by atoms with Crippen molar-refractivity contribution in [3.63, 3.8) is 0 Å². The van der Waals surface area contributed by atoms with Crippen molar-refractivity contribution < 1.29 is 24.2 Å². The molecule has 0 bridgehead atoms. The maximum absolute atomic E-state index is 13.2. The molecule has 4 aliphatic rings. The molecule has 0 saturated carbocycles. The molecule has 51 heavy (non-hydrogen) atoms. The molecule has 8 nitrogen and oxygen atoms in total. The molecule has 3 fully saturated rings. The molecule has 5 atom stereocenters. The molecule has 2 amide bonds. The molecule has 8 rings (SSSR count). The number of carbonyl (C=O) groups excluding carboxylic acids is 2. The van der Waals surface area contributed by atoms with E-state index < -0.39 is 6.29 Å². The minimum absolute atomic E-state index is 0.0108. The number of hydrogen-bond donors (Lipinski definition) is 1. The lowest BCUT2D eigenvalue weighted by Crippen LogP contribution is -2.48. The van der Waals surface area contributed by atoms with E-state index in [1.54, 1.807) is 24.3 Å². The van der Waals surface area contributed by atoms with Gasteiger partial charge in [-0.15, -0.1) is 0 Å². The van der Waals surface area contributed by atoms with Crippen LogP contribution in [0.15, 0.2) is 97.1 Å². The van der Waals surface area contributed by atoms with Crippen molar-refractivity contribution >= 4 is 11.8 Å². The highest BCUT2D eigenvalue weighted by atomic mass is 16.7. The summed E-state index contributed by atoms with van der Waals surface area (Å²) in [7, 11) is 0. The second kappa shape index (κ2) is 14.8. The van der Waals surface area contributed by atoms with E-state index in [0.29, 0.717) is 17.2 Å². The molecule has 4 heterocycles. The van der Waals surface area contributed by atoms with E-state index in [0.717, 1.165) is 53.0 Å². The molecule has 4 aromatic rings. The average molecular weight is 686 g/mol. The van der Waals surface area contributed by atoms with Crippen molar-refractivity contribution in [1.82, 2.24) is 14.7 Å². The Hall–Kier alpha value is -4.18. The smallest absolute Gasteiger partial charge is 0.261 e. The summed E-state index contributed by atoms with van der Waals surface area (Å²) in [6, 6.07) is 31.9. The molecular weight excluding hydrogens is 638 g/mol. The summed E-state index contributed by atoms with van der Waals surface area (Å²) in [6.45, 7) is 7.99. The second-order valence-corrected chi connectivity index (χ2v) is 14.6. The van der Waals surface area contributed by atoms with Crippen LogP contribution in [0, 0.1) is 5.92 Å². The average Bonchev–Trinajstić information content (AvgIpc) is 3.91. The fraction of sp³-hybridized carbons (Fsp3) is 0.395. The van der Waals surface area contributed by atoms with Crippen LogP contribution in [0.5, 0.6) is 0 Å². The Bertz CT molecular complexity index is 1820. The maximum Gasteiger partial charge on any atom is 0.261 e. The Morgan fingerprint density at radius 2 is 1.35 bits per heavy atom. The third-order valence-electron chi connectivity index (χ3n) is 11.4. The number of ether oxygens (including phenoxy) is 2. The van der Waals surface area contributed by atoms with Gasteiger partial charge in [0.2, 0.25) is 0 Å². The SMILES string of the molecule is C[C@@H]1[C@H](CN2CCC[C@H]2CN2CCCC2)O[C@H](c2ccc(-c3ccccc3CN3C(=O)c4ccccc4C3=O)cc2)O[C@@H]1c1ccc(CO)cc1. The van der Waals surface area contributed by atoms with Crippen molar-refractivity contribution in [3.8, 4) is 11.1 Å². The molecule has 0 radical (unpaired) electrons. The van der Waals surface area contributed by atoms with Crippen molar-refractivity contribution in [1.29, 1.82) is 0 Å². The predicted octanol–water partition coefficient (Wildman–Crippen LogP) is 6.99. The molecule has 3 saturated heterocycles. The minimum atomic E-state index is -0.545. The Morgan fingerprint density at radius 3 is 2.04 bits per heavy atom. The van der Waals surface area contributed by atoms with Gasteiger partial charge in [0, 0.05) is 30.6 Å². The fourth-order valence-corrected chi connectivity index (χ4v) is 8.48. The summed E-state index contributed by atoms with van der Waals surface area (Å²) in [5.74, 6) is -0.386. The Morgan fingerprint density at radius 1 is 0.706 bits per heavy atom. The highest BCUT2D eigenvalue weighted by molar-refractivity contribution is 6.21. The van der Waals surface area contributed by atoms with Crippen LogP contribution in [-0.2, 0) is 22.6 Å². The van der Waals surface area contributed by atoms with Crippen LogP contribution >= 0.6 is 0 Å². The molecular formula is C43H47N3O5. The van der Waals surface area contributed by atoms with Gasteiger partial charge in [-0.05, 0) is 85.3 Å². The Balaban J connectivity index is 1.03. The first-order valence-corrected chi connectivity index (χ1v) is 18.6. The van der Waals surface area contributed by atoms with Gasteiger partial charge in [0.05, 0.1) is 36.5 Å². The van der Waals surface area contributed by atoms with Crippen LogP contribution < -0.4 is 0 Å². The second-order valence-electron chi connectivity index (χ2n) is 14.6. The number of aliphatic hydroxyl groups excluding tert-OH is 1. The van der Waals surface area contributed by atoms with Crippen LogP contribution in [-0.4, -0.2) is 76.5 Å². The van der Waals surface area contributed by atoms with Crippen LogP contribution in [0.1, 0.15) is 88.0 Å². The highest BCUT2D eigenvalue weighted by Crippen LogP contribution is 2.43. The molecule has 4 aromatic carbocycles. The summed E-state index contributed by atoms with van der Waals surface area (Å²) in [5, 5.41) is 9.67. The number of likely N-dealkylation sites (tertiary alicyclic amines) is 2. The van der Waals surface area contributed by atoms with E-state index >= 15 is 0 Å². The molecule has 8 heteroatoms. The van der Waals surface area contributed by atoms with Gasteiger partial charge in [0.25, 0.3) is 11.8 Å². The quantitative estimate of drug-likeness (QED) is 0.180. The number of nitrogens with zero attached hydrogens (tertiary/aromatic N) is 3. The van der Waals surface area contributed by atoms with Crippen LogP contribution in [0.25, 0.3) is 11.1 Å². The van der Waals surface area contributed by atoms with Gasteiger partial charge in [-0.25, -0.2) is 0 Å². The van der Waals surface area contributed by atoms with Gasteiger partial charge in [-0.3, -0.25) is 19.4 Å². The summed E-state index contributed by atoms with van der Waals surface area (Å²) in [5.41, 5.74) is 6.69. The maximum atomic E-state index is 13.2. The molecule has 0 aliphatic carbocycles. The standard InChI is InChI=1S/C43H47N3O5/c1-29-39(27-45-24-8-10-35(45)26-44-22-6-7-23-44)50-43(51-40(29)32-16-14-30(28-47)15-17-32)33-20-18-31(19-21-33)36-11-3-2-9-34(36)25-46-41(48)37-12-4-5-13-38(37)42(46)49/h2-5,9,11-21,29,35,39-40,43,47H,6-8,10,22-28H2,1H3/t29-,35+,39+,40+,43+/m1/s1. The van der Waals surface area contributed by atoms with E-state index in [9.17, 15) is 14.7 Å². The normalized spacial score (nSPS) is 25.5. The topological polar surface area (TPSA) is 82.6 Å². The van der Waals surface area contributed by atoms with Crippen molar-refractivity contribution in [3.05, 3.63) is 130 Å². The molecule has 0 unspecified atom stereocenters. The third kappa shape index (κ3) is 6.91. The summed E-state index contributed by atoms with van der Waals surface area (Å²) >= 11 is 0. The molecule has 4 aliphatic heterocycles. The van der Waals surface area contributed by atoms with E-state index in [4.69, 9.17) is 9.47 Å². The lowest BCUT2D eigenvalue weighted by molar-refractivity contribution is -0.276. The van der Waals surface area contributed by atoms with E-state index in [1.165, 1.54) is 43.7 Å². The molecule has 1 N–H and O–H groups in total. The van der Waals surface area contributed by atoms with E-state index in [-0.39, 0.29) is 43.1 Å². The van der Waals surface area contributed by atoms with Crippen LogP contribution in [0.2, 0.25) is 0 Å². The molecule has 264 valence electrons. The number of hydrogen-bond acceptors (Lipinski definition) is 7. The van der Waals surface area contributed by atoms with Crippen LogP contribution in [0.3, 0.4) is 0 Å². The minimum Gasteiger partial charge on any atom is -0.392 e. The van der Waals surface area contributed by atoms with Gasteiger partial charge in [-0.1, -0.05) is 91.9 Å². The zero-order valence-electron chi connectivity index (χ0n) is 29.3. The number of aliphatic hydroxyl groups is 1. The predicted molar refractivity (Wildman–Crippen MR) is 196 cm³/mol. The van der Waals surface area contributed by atoms with Crippen LogP contribution in [0.4, 0.5) is 0 Å². The number of rotatable bonds is 10. The first-order valence-electron chi connectivity index (χ1n) is 18.6. The zero-order chi connectivity index (χ0) is 34.9. The van der Waals surface area contributed by atoms with Crippen molar-refractivity contribution in [2.75, 3.05) is 32.7 Å². The largest absolute Gasteiger partial charge is 0.392 e. The summed E-state index contributed by atoms with van der Waals surface area (Å²) < 4.78 is 13.7. The Kier molecular flexibility index (Phi) is 9.86. The number of carbonyl (C=O) groups is 2. The molecule has 0 spiro atoms. The summed E-state index contributed by atoms with van der Waals surface area (Å²) in [6.07, 6.45) is 4.34. The number of benzene rings is 4. The number of fused-ring (bicyclic) bond motifs is 1. The van der Waals surface area contributed by atoms with Crippen molar-refractivity contribution in [2.45, 2.75) is 70.3 Å². The Labute approximate surface area is 300 Å². The molecule has 0 aromatic heterocycles. The fourth-order valence-electron chi connectivity index (χ4n) is 8.48. The van der Waals surface area contributed by atoms with Gasteiger partial charge < -0.3 is 19.5 Å². The number of imide groups is 1. The lowest BCUT2D eigenvalue weighted by Gasteiger charge is -2.43. The lowest BCUT2D eigenvalue weighted by atomic mass is 9.89. The van der Waals surface area contributed by atoms with Gasteiger partial charge >= 0.3 is 0 Å². The van der Waals surface area contributed by atoms with Gasteiger partial charge in [0.1, 0.15) is 0 Å². The van der Waals surface area contributed by atoms with E-state index in [2.05, 4.69) is 53.1 Å². The summed E-state index contributed by atoms with van der Waals surface area (Å²) in [4.78, 5) is 32.9. The van der Waals surface area contributed by atoms with Gasteiger partial charge in [0.15, 0.2) is 6.29 Å². The van der Waals surface area contributed by atoms with E-state index in [1.807, 2.05) is 36.4 Å².